The van der Waals surface area contributed by atoms with E-state index in [2.05, 4.69) is 5.32 Å². The predicted molar refractivity (Wildman–Crippen MR) is 82.5 cm³/mol. The molecular formula is C17H18ClF2N. The summed E-state index contributed by atoms with van der Waals surface area (Å²) in [5.41, 5.74) is 1.91. The van der Waals surface area contributed by atoms with Crippen molar-refractivity contribution in [2.45, 2.75) is 32.4 Å². The maximum absolute atomic E-state index is 13.5. The molecule has 2 unspecified atom stereocenters. The van der Waals surface area contributed by atoms with Gasteiger partial charge in [-0.2, -0.15) is 0 Å². The molecule has 2 atom stereocenters. The first kappa shape index (κ1) is 15.9. The molecule has 0 aromatic heterocycles. The number of hydrogen-bond acceptors (Lipinski definition) is 1. The highest BCUT2D eigenvalue weighted by Crippen LogP contribution is 2.20. The fourth-order valence-electron chi connectivity index (χ4n) is 2.34. The minimum Gasteiger partial charge on any atom is -0.307 e. The minimum atomic E-state index is -0.408. The Morgan fingerprint density at radius 2 is 1.71 bits per heavy atom. The van der Waals surface area contributed by atoms with Gasteiger partial charge in [-0.05, 0) is 55.7 Å². The van der Waals surface area contributed by atoms with Crippen molar-refractivity contribution in [2.24, 2.45) is 0 Å². The number of benzene rings is 2. The summed E-state index contributed by atoms with van der Waals surface area (Å²) in [6.07, 6.45) is 0.778. The van der Waals surface area contributed by atoms with Crippen molar-refractivity contribution in [3.63, 3.8) is 0 Å². The fraction of sp³-hybridized carbons (Fsp3) is 0.294. The average Bonchev–Trinajstić information content (AvgIpc) is 2.44. The van der Waals surface area contributed by atoms with Gasteiger partial charge >= 0.3 is 0 Å². The molecule has 0 heterocycles. The molecular weight excluding hydrogens is 292 g/mol. The second-order valence-electron chi connectivity index (χ2n) is 5.29. The van der Waals surface area contributed by atoms with E-state index in [-0.39, 0.29) is 22.9 Å². The van der Waals surface area contributed by atoms with Crippen LogP contribution in [0.5, 0.6) is 0 Å². The van der Waals surface area contributed by atoms with E-state index < -0.39 is 5.82 Å². The summed E-state index contributed by atoms with van der Waals surface area (Å²) in [6, 6.07) is 11.5. The fourth-order valence-corrected chi connectivity index (χ4v) is 2.46. The molecule has 0 aliphatic heterocycles. The summed E-state index contributed by atoms with van der Waals surface area (Å²) in [5.74, 6) is -0.640. The quantitative estimate of drug-likeness (QED) is 0.828. The van der Waals surface area contributed by atoms with E-state index in [1.165, 1.54) is 18.2 Å². The van der Waals surface area contributed by atoms with Gasteiger partial charge in [0.1, 0.15) is 11.6 Å². The van der Waals surface area contributed by atoms with Crippen molar-refractivity contribution in [3.8, 4) is 0 Å². The van der Waals surface area contributed by atoms with Crippen LogP contribution < -0.4 is 5.32 Å². The molecule has 0 aliphatic carbocycles. The monoisotopic (exact) mass is 309 g/mol. The Morgan fingerprint density at radius 3 is 2.33 bits per heavy atom. The van der Waals surface area contributed by atoms with E-state index in [9.17, 15) is 8.78 Å². The molecule has 1 nitrogen and oxygen atoms in total. The molecule has 21 heavy (non-hydrogen) atoms. The molecule has 0 bridgehead atoms. The zero-order chi connectivity index (χ0) is 15.4. The van der Waals surface area contributed by atoms with Crippen molar-refractivity contribution >= 4 is 11.6 Å². The molecule has 1 N–H and O–H groups in total. The van der Waals surface area contributed by atoms with Crippen LogP contribution in [0.1, 0.15) is 31.0 Å². The Balaban J connectivity index is 1.96. The van der Waals surface area contributed by atoms with Gasteiger partial charge in [0, 0.05) is 12.1 Å². The molecule has 0 spiro atoms. The summed E-state index contributed by atoms with van der Waals surface area (Å²) in [5, 5.41) is 3.53. The van der Waals surface area contributed by atoms with Gasteiger partial charge in [0.15, 0.2) is 0 Å². The van der Waals surface area contributed by atoms with Gasteiger partial charge in [0.2, 0.25) is 0 Å². The number of rotatable bonds is 5. The highest BCUT2D eigenvalue weighted by atomic mass is 35.5. The third-order valence-corrected chi connectivity index (χ3v) is 3.74. The zero-order valence-electron chi connectivity index (χ0n) is 12.0. The largest absolute Gasteiger partial charge is 0.307 e. The number of nitrogens with one attached hydrogen (secondary N) is 1. The lowest BCUT2D eigenvalue weighted by Gasteiger charge is -2.20. The van der Waals surface area contributed by atoms with E-state index in [0.29, 0.717) is 0 Å². The van der Waals surface area contributed by atoms with Crippen LogP contribution in [0, 0.1) is 11.6 Å². The molecule has 0 radical (unpaired) electrons. The highest BCUT2D eigenvalue weighted by molar-refractivity contribution is 6.30. The second kappa shape index (κ2) is 7.01. The maximum atomic E-state index is 13.5. The molecule has 0 saturated carbocycles. The topological polar surface area (TPSA) is 12.0 Å². The molecule has 0 saturated heterocycles. The lowest BCUT2D eigenvalue weighted by Crippen LogP contribution is -2.30. The summed E-state index contributed by atoms with van der Waals surface area (Å²) < 4.78 is 26.3. The van der Waals surface area contributed by atoms with Gasteiger partial charge in [0.25, 0.3) is 0 Å². The lowest BCUT2D eigenvalue weighted by molar-refractivity contribution is 0.475. The first-order valence-electron chi connectivity index (χ1n) is 6.91. The molecule has 0 aliphatic rings. The van der Waals surface area contributed by atoms with Crippen LogP contribution in [0.25, 0.3) is 0 Å². The summed E-state index contributed by atoms with van der Waals surface area (Å²) in [4.78, 5) is 0. The molecule has 0 fully saturated rings. The van der Waals surface area contributed by atoms with Crippen molar-refractivity contribution in [2.75, 3.05) is 0 Å². The van der Waals surface area contributed by atoms with Crippen LogP contribution >= 0.6 is 11.6 Å². The van der Waals surface area contributed by atoms with E-state index in [4.69, 9.17) is 11.6 Å². The Kier molecular flexibility index (Phi) is 5.32. The molecule has 112 valence electrons. The van der Waals surface area contributed by atoms with Crippen LogP contribution in [0.2, 0.25) is 5.02 Å². The molecule has 4 heteroatoms. The first-order valence-corrected chi connectivity index (χ1v) is 7.29. The number of hydrogen-bond donors (Lipinski definition) is 1. The average molecular weight is 310 g/mol. The van der Waals surface area contributed by atoms with E-state index in [0.717, 1.165) is 17.5 Å². The minimum absolute atomic E-state index is 0.00668. The normalized spacial score (nSPS) is 14.0. The maximum Gasteiger partial charge on any atom is 0.142 e. The molecule has 2 rings (SSSR count). The zero-order valence-corrected chi connectivity index (χ0v) is 12.8. The summed E-state index contributed by atoms with van der Waals surface area (Å²) in [6.45, 7) is 4.02. The van der Waals surface area contributed by atoms with Gasteiger partial charge in [0.05, 0.1) is 5.02 Å². The van der Waals surface area contributed by atoms with Crippen LogP contribution in [0.4, 0.5) is 8.78 Å². The van der Waals surface area contributed by atoms with Gasteiger partial charge in [-0.25, -0.2) is 8.78 Å². The van der Waals surface area contributed by atoms with Crippen molar-refractivity contribution < 1.29 is 8.78 Å². The Morgan fingerprint density at radius 1 is 1.05 bits per heavy atom. The van der Waals surface area contributed by atoms with Gasteiger partial charge in [-0.15, -0.1) is 0 Å². The van der Waals surface area contributed by atoms with Crippen LogP contribution in [-0.4, -0.2) is 6.04 Å². The molecule has 0 amide bonds. The lowest BCUT2D eigenvalue weighted by atomic mass is 10.0. The van der Waals surface area contributed by atoms with E-state index in [1.807, 2.05) is 19.9 Å². The van der Waals surface area contributed by atoms with Crippen LogP contribution in [-0.2, 0) is 6.42 Å². The summed E-state index contributed by atoms with van der Waals surface area (Å²) >= 11 is 5.69. The van der Waals surface area contributed by atoms with Crippen molar-refractivity contribution in [3.05, 3.63) is 70.2 Å². The Labute approximate surface area is 128 Å². The van der Waals surface area contributed by atoms with E-state index >= 15 is 0 Å². The van der Waals surface area contributed by atoms with Gasteiger partial charge in [-0.1, -0.05) is 29.8 Å². The third-order valence-electron chi connectivity index (χ3n) is 3.43. The third kappa shape index (κ3) is 4.51. The Hall–Kier alpha value is -1.45. The van der Waals surface area contributed by atoms with Crippen LogP contribution in [0.3, 0.4) is 0 Å². The van der Waals surface area contributed by atoms with Crippen LogP contribution in [0.15, 0.2) is 42.5 Å². The smallest absolute Gasteiger partial charge is 0.142 e. The molecule has 2 aromatic rings. The van der Waals surface area contributed by atoms with E-state index in [1.54, 1.807) is 18.2 Å². The first-order chi connectivity index (χ1) is 9.95. The Bertz CT molecular complexity index is 598. The number of halogens is 3. The van der Waals surface area contributed by atoms with Crippen molar-refractivity contribution in [1.29, 1.82) is 0 Å². The standard InChI is InChI=1S/C17H18ClF2N/c1-11(9-13-3-6-15(19)7-4-13)21-12(2)14-5-8-16(18)17(20)10-14/h3-8,10-12,21H,9H2,1-2H3. The van der Waals surface area contributed by atoms with Gasteiger partial charge < -0.3 is 5.32 Å². The summed E-state index contributed by atoms with van der Waals surface area (Å²) in [7, 11) is 0. The molecule has 2 aromatic carbocycles. The predicted octanol–water partition coefficient (Wildman–Crippen LogP) is 4.90. The SMILES string of the molecule is CC(Cc1ccc(F)cc1)NC(C)c1ccc(Cl)c(F)c1. The second-order valence-corrected chi connectivity index (χ2v) is 5.70. The van der Waals surface area contributed by atoms with Crippen molar-refractivity contribution in [1.82, 2.24) is 5.32 Å². The van der Waals surface area contributed by atoms with Gasteiger partial charge in [-0.3, -0.25) is 0 Å². The highest BCUT2D eigenvalue weighted by Gasteiger charge is 2.12.